The molecule has 0 saturated heterocycles. The highest BCUT2D eigenvalue weighted by Crippen LogP contribution is 2.27. The number of sulfonamides is 1. The van der Waals surface area contributed by atoms with E-state index in [-0.39, 0.29) is 17.1 Å². The number of carbonyl (C=O) groups excluding carboxylic acids is 2. The zero-order chi connectivity index (χ0) is 27.2. The van der Waals surface area contributed by atoms with E-state index in [0.29, 0.717) is 21.4 Å². The minimum atomic E-state index is -4.20. The van der Waals surface area contributed by atoms with E-state index in [2.05, 4.69) is 5.32 Å². The first kappa shape index (κ1) is 28.3. The van der Waals surface area contributed by atoms with Crippen LogP contribution in [0.4, 0.5) is 5.69 Å². The third kappa shape index (κ3) is 6.94. The van der Waals surface area contributed by atoms with Gasteiger partial charge in [-0.05, 0) is 67.1 Å². The van der Waals surface area contributed by atoms with E-state index in [1.807, 2.05) is 0 Å². The van der Waals surface area contributed by atoms with Crippen molar-refractivity contribution in [3.05, 3.63) is 88.4 Å². The monoisotopic (exact) mass is 563 g/mol. The van der Waals surface area contributed by atoms with E-state index in [4.69, 9.17) is 27.9 Å². The molecule has 0 aliphatic rings. The minimum absolute atomic E-state index is 0.0506. The molecular formula is C26H27Cl2N3O5S. The highest BCUT2D eigenvalue weighted by atomic mass is 35.5. The van der Waals surface area contributed by atoms with Crippen LogP contribution in [0.5, 0.6) is 5.75 Å². The number of carbonyl (C=O) groups is 2. The average Bonchev–Trinajstić information content (AvgIpc) is 2.89. The van der Waals surface area contributed by atoms with Gasteiger partial charge in [-0.1, -0.05) is 41.4 Å². The highest BCUT2D eigenvalue weighted by Gasteiger charge is 2.32. The Kier molecular flexibility index (Phi) is 9.42. The van der Waals surface area contributed by atoms with Gasteiger partial charge in [-0.25, -0.2) is 8.42 Å². The lowest BCUT2D eigenvalue weighted by atomic mass is 10.1. The molecule has 1 atom stereocenters. The summed E-state index contributed by atoms with van der Waals surface area (Å²) < 4.78 is 33.6. The second-order valence-electron chi connectivity index (χ2n) is 8.11. The van der Waals surface area contributed by atoms with Crippen molar-refractivity contribution in [2.75, 3.05) is 25.0 Å². The summed E-state index contributed by atoms with van der Waals surface area (Å²) in [6.07, 6.45) is 0. The van der Waals surface area contributed by atoms with Gasteiger partial charge in [0.15, 0.2) is 0 Å². The fraction of sp³-hybridized carbons (Fsp3) is 0.231. The number of benzene rings is 3. The lowest BCUT2D eigenvalue weighted by molar-refractivity contribution is -0.139. The number of halogens is 2. The van der Waals surface area contributed by atoms with Crippen LogP contribution in [-0.2, 0) is 26.2 Å². The lowest BCUT2D eigenvalue weighted by Crippen LogP contribution is -2.50. The summed E-state index contributed by atoms with van der Waals surface area (Å²) in [7, 11) is -1.21. The molecular weight excluding hydrogens is 537 g/mol. The Hall–Kier alpha value is -3.27. The van der Waals surface area contributed by atoms with Gasteiger partial charge in [0.1, 0.15) is 18.3 Å². The predicted octanol–water partition coefficient (Wildman–Crippen LogP) is 4.36. The summed E-state index contributed by atoms with van der Waals surface area (Å²) in [4.78, 5) is 27.5. The van der Waals surface area contributed by atoms with Crippen LogP contribution in [0.3, 0.4) is 0 Å². The molecule has 0 bridgehead atoms. The van der Waals surface area contributed by atoms with Crippen LogP contribution in [0, 0.1) is 0 Å². The van der Waals surface area contributed by atoms with E-state index in [1.54, 1.807) is 49.4 Å². The average molecular weight is 564 g/mol. The summed E-state index contributed by atoms with van der Waals surface area (Å²) in [6, 6.07) is 18.0. The molecule has 3 rings (SSSR count). The topological polar surface area (TPSA) is 96.0 Å². The smallest absolute Gasteiger partial charge is 0.264 e. The zero-order valence-corrected chi connectivity index (χ0v) is 22.8. The first-order chi connectivity index (χ1) is 17.6. The number of methoxy groups -OCH3 is 1. The Morgan fingerprint density at radius 1 is 0.973 bits per heavy atom. The van der Waals surface area contributed by atoms with Gasteiger partial charge in [0.25, 0.3) is 10.0 Å². The molecule has 0 aromatic heterocycles. The van der Waals surface area contributed by atoms with Gasteiger partial charge in [0.05, 0.1) is 17.7 Å². The van der Waals surface area contributed by atoms with Crippen LogP contribution >= 0.6 is 23.2 Å². The Labute approximate surface area is 226 Å². The van der Waals surface area contributed by atoms with Crippen LogP contribution < -0.4 is 14.4 Å². The molecule has 0 fully saturated rings. The fourth-order valence-electron chi connectivity index (χ4n) is 3.65. The third-order valence-electron chi connectivity index (χ3n) is 5.68. The van der Waals surface area contributed by atoms with Gasteiger partial charge in [0, 0.05) is 23.6 Å². The lowest BCUT2D eigenvalue weighted by Gasteiger charge is -2.31. The second kappa shape index (κ2) is 12.3. The van der Waals surface area contributed by atoms with Crippen molar-refractivity contribution in [3.8, 4) is 5.75 Å². The largest absolute Gasteiger partial charge is 0.497 e. The first-order valence-electron chi connectivity index (χ1n) is 11.2. The van der Waals surface area contributed by atoms with E-state index in [0.717, 1.165) is 4.31 Å². The summed E-state index contributed by atoms with van der Waals surface area (Å²) in [5, 5.41) is 3.21. The highest BCUT2D eigenvalue weighted by molar-refractivity contribution is 7.92. The van der Waals surface area contributed by atoms with Crippen molar-refractivity contribution < 1.29 is 22.7 Å². The van der Waals surface area contributed by atoms with Crippen molar-refractivity contribution in [1.29, 1.82) is 0 Å². The quantitative estimate of drug-likeness (QED) is 0.395. The van der Waals surface area contributed by atoms with E-state index < -0.39 is 34.4 Å². The molecule has 0 aliphatic carbocycles. The van der Waals surface area contributed by atoms with Gasteiger partial charge in [-0.2, -0.15) is 0 Å². The SMILES string of the molecule is CNC(=O)[C@H](C)N(Cc1cccc(OC)c1)C(=O)CN(c1cccc(Cl)c1)S(=O)(=O)c1ccc(Cl)cc1. The maximum absolute atomic E-state index is 13.7. The van der Waals surface area contributed by atoms with Gasteiger partial charge in [-0.3, -0.25) is 13.9 Å². The molecule has 3 aromatic rings. The van der Waals surface area contributed by atoms with Crippen LogP contribution in [0.1, 0.15) is 12.5 Å². The van der Waals surface area contributed by atoms with Gasteiger partial charge in [-0.15, -0.1) is 0 Å². The third-order valence-corrected chi connectivity index (χ3v) is 7.95. The predicted molar refractivity (Wildman–Crippen MR) is 145 cm³/mol. The number of anilines is 1. The fourth-order valence-corrected chi connectivity index (χ4v) is 5.37. The summed E-state index contributed by atoms with van der Waals surface area (Å²) >= 11 is 12.1. The van der Waals surface area contributed by atoms with E-state index in [9.17, 15) is 18.0 Å². The molecule has 0 spiro atoms. The van der Waals surface area contributed by atoms with Crippen LogP contribution in [-0.4, -0.2) is 51.9 Å². The van der Waals surface area contributed by atoms with Gasteiger partial charge < -0.3 is 15.0 Å². The maximum Gasteiger partial charge on any atom is 0.264 e. The Bertz CT molecular complexity index is 1370. The number of rotatable bonds is 10. The van der Waals surface area contributed by atoms with E-state index >= 15 is 0 Å². The maximum atomic E-state index is 13.7. The molecule has 0 aliphatic heterocycles. The molecule has 2 amide bonds. The molecule has 3 aromatic carbocycles. The normalized spacial score (nSPS) is 11.9. The molecule has 0 unspecified atom stereocenters. The Balaban J connectivity index is 2.03. The zero-order valence-electron chi connectivity index (χ0n) is 20.5. The van der Waals surface area contributed by atoms with Gasteiger partial charge >= 0.3 is 0 Å². The van der Waals surface area contributed by atoms with Gasteiger partial charge in [0.2, 0.25) is 11.8 Å². The van der Waals surface area contributed by atoms with Crippen molar-refractivity contribution in [3.63, 3.8) is 0 Å². The van der Waals surface area contributed by atoms with Crippen LogP contribution in [0.2, 0.25) is 10.0 Å². The molecule has 0 heterocycles. The standard InChI is InChI=1S/C26H27Cl2N3O5S/c1-18(26(33)29-2)30(16-19-6-4-9-23(14-19)36-3)25(32)17-31(22-8-5-7-21(28)15-22)37(34,35)24-12-10-20(27)11-13-24/h4-15,18H,16-17H2,1-3H3,(H,29,33)/t18-/m0/s1. The van der Waals surface area contributed by atoms with Crippen molar-refractivity contribution in [2.24, 2.45) is 0 Å². The summed E-state index contributed by atoms with van der Waals surface area (Å²) in [5.74, 6) is -0.397. The molecule has 1 N–H and O–H groups in total. The number of amides is 2. The van der Waals surface area contributed by atoms with Crippen molar-refractivity contribution >= 4 is 50.7 Å². The van der Waals surface area contributed by atoms with Crippen molar-refractivity contribution in [1.82, 2.24) is 10.2 Å². The molecule has 0 radical (unpaired) electrons. The molecule has 0 saturated carbocycles. The molecule has 8 nitrogen and oxygen atoms in total. The molecule has 37 heavy (non-hydrogen) atoms. The number of hydrogen-bond donors (Lipinski definition) is 1. The van der Waals surface area contributed by atoms with E-state index in [1.165, 1.54) is 49.4 Å². The Morgan fingerprint density at radius 2 is 1.65 bits per heavy atom. The first-order valence-corrected chi connectivity index (χ1v) is 13.4. The van der Waals surface area contributed by atoms with Crippen LogP contribution in [0.15, 0.2) is 77.7 Å². The number of likely N-dealkylation sites (N-methyl/N-ethyl adjacent to an activating group) is 1. The summed E-state index contributed by atoms with van der Waals surface area (Å²) in [5.41, 5.74) is 0.906. The number of nitrogens with one attached hydrogen (secondary N) is 1. The number of hydrogen-bond acceptors (Lipinski definition) is 5. The number of ether oxygens (including phenoxy) is 1. The molecule has 196 valence electrons. The Morgan fingerprint density at radius 3 is 2.27 bits per heavy atom. The number of nitrogens with zero attached hydrogens (tertiary/aromatic N) is 2. The summed E-state index contributed by atoms with van der Waals surface area (Å²) in [6.45, 7) is 1.06. The van der Waals surface area contributed by atoms with Crippen molar-refractivity contribution in [2.45, 2.75) is 24.4 Å². The molecule has 11 heteroatoms. The van der Waals surface area contributed by atoms with Crippen LogP contribution in [0.25, 0.3) is 0 Å². The minimum Gasteiger partial charge on any atom is -0.497 e. The second-order valence-corrected chi connectivity index (χ2v) is 10.8.